The molecule has 0 spiro atoms. The number of hydrogen-bond acceptors (Lipinski definition) is 3. The largest absolute Gasteiger partial charge is 0.488 e. The smallest absolute Gasteiger partial charge is 0.167 e. The third-order valence-electron chi connectivity index (χ3n) is 2.39. The third kappa shape index (κ3) is 7.08. The SMILES string of the molecule is CCCCOCCOCCOc1ccc(F)cc1F. The van der Waals surface area contributed by atoms with E-state index in [1.807, 2.05) is 0 Å². The second-order valence-corrected chi connectivity index (χ2v) is 4.00. The number of halogens is 2. The van der Waals surface area contributed by atoms with E-state index >= 15 is 0 Å². The van der Waals surface area contributed by atoms with Gasteiger partial charge in [-0.05, 0) is 18.6 Å². The molecule has 0 bridgehead atoms. The van der Waals surface area contributed by atoms with Gasteiger partial charge in [0.25, 0.3) is 0 Å². The van der Waals surface area contributed by atoms with Gasteiger partial charge < -0.3 is 14.2 Å². The summed E-state index contributed by atoms with van der Waals surface area (Å²) >= 11 is 0. The van der Waals surface area contributed by atoms with Crippen LogP contribution in [0.3, 0.4) is 0 Å². The minimum absolute atomic E-state index is 0.0317. The Morgan fingerprint density at radius 3 is 2.32 bits per heavy atom. The number of unbranched alkanes of at least 4 members (excludes halogenated alkanes) is 1. The summed E-state index contributed by atoms with van der Waals surface area (Å²) in [5.74, 6) is -1.29. The van der Waals surface area contributed by atoms with E-state index in [4.69, 9.17) is 14.2 Å². The van der Waals surface area contributed by atoms with Gasteiger partial charge in [0, 0.05) is 12.7 Å². The van der Waals surface area contributed by atoms with Crippen LogP contribution in [-0.2, 0) is 9.47 Å². The van der Waals surface area contributed by atoms with Gasteiger partial charge in [-0.3, -0.25) is 0 Å². The van der Waals surface area contributed by atoms with Gasteiger partial charge in [0.1, 0.15) is 12.4 Å². The van der Waals surface area contributed by atoms with Crippen molar-refractivity contribution in [1.82, 2.24) is 0 Å². The van der Waals surface area contributed by atoms with Crippen LogP contribution < -0.4 is 4.74 Å². The number of hydrogen-bond donors (Lipinski definition) is 0. The topological polar surface area (TPSA) is 27.7 Å². The Hall–Kier alpha value is -1.20. The zero-order valence-electron chi connectivity index (χ0n) is 11.2. The standard InChI is InChI=1S/C14H20F2O3/c1-2-3-6-17-7-8-18-9-10-19-14-5-4-12(15)11-13(14)16/h4-5,11H,2-3,6-10H2,1H3. The lowest BCUT2D eigenvalue weighted by Gasteiger charge is -2.08. The first-order chi connectivity index (χ1) is 9.24. The molecule has 1 aromatic carbocycles. The zero-order chi connectivity index (χ0) is 13.9. The Bertz CT molecular complexity index is 359. The van der Waals surface area contributed by atoms with Gasteiger partial charge in [-0.1, -0.05) is 13.3 Å². The number of rotatable bonds is 10. The Kier molecular flexibility index (Phi) is 8.09. The molecular weight excluding hydrogens is 254 g/mol. The van der Waals surface area contributed by atoms with Crippen molar-refractivity contribution in [2.45, 2.75) is 19.8 Å². The van der Waals surface area contributed by atoms with Crippen LogP contribution in [-0.4, -0.2) is 33.0 Å². The van der Waals surface area contributed by atoms with Crippen molar-refractivity contribution in [3.8, 4) is 5.75 Å². The molecule has 0 aliphatic rings. The molecule has 19 heavy (non-hydrogen) atoms. The van der Waals surface area contributed by atoms with Crippen molar-refractivity contribution in [2.24, 2.45) is 0 Å². The summed E-state index contributed by atoms with van der Waals surface area (Å²) in [6.07, 6.45) is 2.16. The lowest BCUT2D eigenvalue weighted by atomic mass is 10.3. The number of ether oxygens (including phenoxy) is 3. The molecule has 0 fully saturated rings. The van der Waals surface area contributed by atoms with Crippen LogP contribution >= 0.6 is 0 Å². The third-order valence-corrected chi connectivity index (χ3v) is 2.39. The average molecular weight is 274 g/mol. The molecule has 0 N–H and O–H groups in total. The molecule has 5 heteroatoms. The molecule has 0 aromatic heterocycles. The van der Waals surface area contributed by atoms with E-state index in [0.29, 0.717) is 19.8 Å². The summed E-state index contributed by atoms with van der Waals surface area (Å²) in [6.45, 7) is 4.44. The molecule has 1 rings (SSSR count). The Balaban J connectivity index is 2.01. The van der Waals surface area contributed by atoms with Crippen molar-refractivity contribution < 1.29 is 23.0 Å². The van der Waals surface area contributed by atoms with Crippen molar-refractivity contribution in [2.75, 3.05) is 33.0 Å². The highest BCUT2D eigenvalue weighted by molar-refractivity contribution is 5.24. The van der Waals surface area contributed by atoms with Gasteiger partial charge in [-0.15, -0.1) is 0 Å². The maximum atomic E-state index is 13.2. The first-order valence-electron chi connectivity index (χ1n) is 6.47. The Morgan fingerprint density at radius 2 is 1.63 bits per heavy atom. The molecule has 0 aliphatic heterocycles. The molecule has 0 saturated carbocycles. The second-order valence-electron chi connectivity index (χ2n) is 4.00. The summed E-state index contributed by atoms with van der Waals surface area (Å²) in [4.78, 5) is 0. The van der Waals surface area contributed by atoms with E-state index in [9.17, 15) is 8.78 Å². The average Bonchev–Trinajstić information content (AvgIpc) is 2.39. The van der Waals surface area contributed by atoms with Crippen LogP contribution in [0.1, 0.15) is 19.8 Å². The van der Waals surface area contributed by atoms with Crippen molar-refractivity contribution >= 4 is 0 Å². The predicted molar refractivity (Wildman–Crippen MR) is 68.4 cm³/mol. The van der Waals surface area contributed by atoms with Gasteiger partial charge in [0.15, 0.2) is 11.6 Å². The summed E-state index contributed by atoms with van der Waals surface area (Å²) in [6, 6.07) is 3.21. The quantitative estimate of drug-likeness (QED) is 0.613. The van der Waals surface area contributed by atoms with E-state index in [-0.39, 0.29) is 12.4 Å². The summed E-state index contributed by atoms with van der Waals surface area (Å²) < 4.78 is 41.5. The Labute approximate surface area is 112 Å². The van der Waals surface area contributed by atoms with E-state index in [1.165, 1.54) is 6.07 Å². The highest BCUT2D eigenvalue weighted by Gasteiger charge is 2.04. The van der Waals surface area contributed by atoms with E-state index < -0.39 is 11.6 Å². The van der Waals surface area contributed by atoms with Crippen molar-refractivity contribution in [1.29, 1.82) is 0 Å². The fraction of sp³-hybridized carbons (Fsp3) is 0.571. The van der Waals surface area contributed by atoms with E-state index in [0.717, 1.165) is 31.6 Å². The van der Waals surface area contributed by atoms with Crippen LogP contribution in [0.2, 0.25) is 0 Å². The van der Waals surface area contributed by atoms with Gasteiger partial charge in [-0.25, -0.2) is 8.78 Å². The lowest BCUT2D eigenvalue weighted by Crippen LogP contribution is -2.11. The molecule has 0 atom stereocenters. The van der Waals surface area contributed by atoms with Crippen molar-refractivity contribution in [3.63, 3.8) is 0 Å². The van der Waals surface area contributed by atoms with Crippen LogP contribution in [0.15, 0.2) is 18.2 Å². The normalized spacial score (nSPS) is 10.7. The summed E-state index contributed by atoms with van der Waals surface area (Å²) in [7, 11) is 0. The second kappa shape index (κ2) is 9.69. The molecule has 108 valence electrons. The molecule has 0 heterocycles. The molecule has 3 nitrogen and oxygen atoms in total. The summed E-state index contributed by atoms with van der Waals surface area (Å²) in [5.41, 5.74) is 0. The van der Waals surface area contributed by atoms with Gasteiger partial charge in [0.05, 0.1) is 19.8 Å². The molecule has 0 aliphatic carbocycles. The fourth-order valence-corrected chi connectivity index (χ4v) is 1.37. The summed E-state index contributed by atoms with van der Waals surface area (Å²) in [5, 5.41) is 0. The highest BCUT2D eigenvalue weighted by atomic mass is 19.1. The van der Waals surface area contributed by atoms with Crippen molar-refractivity contribution in [3.05, 3.63) is 29.8 Å². The zero-order valence-corrected chi connectivity index (χ0v) is 11.2. The Morgan fingerprint density at radius 1 is 0.947 bits per heavy atom. The van der Waals surface area contributed by atoms with Gasteiger partial charge >= 0.3 is 0 Å². The minimum atomic E-state index is -0.706. The molecule has 0 amide bonds. The molecule has 0 unspecified atom stereocenters. The number of benzene rings is 1. The van der Waals surface area contributed by atoms with Crippen LogP contribution in [0, 0.1) is 11.6 Å². The maximum absolute atomic E-state index is 13.2. The first kappa shape index (κ1) is 15.9. The fourth-order valence-electron chi connectivity index (χ4n) is 1.37. The highest BCUT2D eigenvalue weighted by Crippen LogP contribution is 2.17. The molecule has 1 aromatic rings. The van der Waals surface area contributed by atoms with Gasteiger partial charge in [-0.2, -0.15) is 0 Å². The molecule has 0 radical (unpaired) electrons. The van der Waals surface area contributed by atoms with E-state index in [2.05, 4.69) is 6.92 Å². The molecule has 0 saturated heterocycles. The van der Waals surface area contributed by atoms with Crippen LogP contribution in [0.5, 0.6) is 5.75 Å². The van der Waals surface area contributed by atoms with Crippen LogP contribution in [0.25, 0.3) is 0 Å². The predicted octanol–water partition coefficient (Wildman–Crippen LogP) is 3.18. The van der Waals surface area contributed by atoms with E-state index in [1.54, 1.807) is 0 Å². The minimum Gasteiger partial charge on any atom is -0.488 e. The monoisotopic (exact) mass is 274 g/mol. The lowest BCUT2D eigenvalue weighted by molar-refractivity contribution is 0.0351. The van der Waals surface area contributed by atoms with Gasteiger partial charge in [0.2, 0.25) is 0 Å². The first-order valence-corrected chi connectivity index (χ1v) is 6.47. The van der Waals surface area contributed by atoms with Crippen LogP contribution in [0.4, 0.5) is 8.78 Å². The molecular formula is C14H20F2O3. The maximum Gasteiger partial charge on any atom is 0.167 e.